The molecule has 24 heavy (non-hydrogen) atoms. The van der Waals surface area contributed by atoms with E-state index in [2.05, 4.69) is 15.3 Å². The van der Waals surface area contributed by atoms with Crippen LogP contribution in [0, 0.1) is 5.82 Å². The van der Waals surface area contributed by atoms with Gasteiger partial charge in [-0.2, -0.15) is 9.61 Å². The van der Waals surface area contributed by atoms with E-state index < -0.39 is 0 Å². The third kappa shape index (κ3) is 2.74. The maximum absolute atomic E-state index is 13.0. The molecule has 0 radical (unpaired) electrons. The minimum Gasteiger partial charge on any atom is -0.497 e. The Labute approximate surface area is 141 Å². The number of rotatable bonds is 4. The van der Waals surface area contributed by atoms with Crippen LogP contribution in [-0.4, -0.2) is 26.9 Å². The van der Waals surface area contributed by atoms with Gasteiger partial charge in [-0.1, -0.05) is 35.6 Å². The molecule has 0 saturated heterocycles. The van der Waals surface area contributed by atoms with Crippen LogP contribution in [0.1, 0.15) is 11.4 Å². The average molecular weight is 340 g/mol. The van der Waals surface area contributed by atoms with Crippen LogP contribution >= 0.6 is 11.3 Å². The number of hydrogen-bond donors (Lipinski definition) is 0. The third-order valence-electron chi connectivity index (χ3n) is 3.65. The molecule has 7 heteroatoms. The molecule has 0 N–H and O–H groups in total. The zero-order chi connectivity index (χ0) is 16.5. The van der Waals surface area contributed by atoms with E-state index in [0.29, 0.717) is 6.42 Å². The molecular weight excluding hydrogens is 327 g/mol. The highest BCUT2D eigenvalue weighted by Crippen LogP contribution is 2.28. The molecule has 120 valence electrons. The van der Waals surface area contributed by atoms with E-state index in [4.69, 9.17) is 4.74 Å². The topological polar surface area (TPSA) is 52.3 Å². The second-order valence-corrected chi connectivity index (χ2v) is 6.21. The monoisotopic (exact) mass is 340 g/mol. The van der Waals surface area contributed by atoms with Crippen LogP contribution in [0.15, 0.2) is 48.5 Å². The van der Waals surface area contributed by atoms with E-state index in [9.17, 15) is 4.39 Å². The molecule has 0 unspecified atom stereocenters. The van der Waals surface area contributed by atoms with Crippen LogP contribution in [0.25, 0.3) is 15.5 Å². The average Bonchev–Trinajstić information content (AvgIpc) is 3.19. The Kier molecular flexibility index (Phi) is 3.70. The fourth-order valence-electron chi connectivity index (χ4n) is 2.43. The first-order valence-corrected chi connectivity index (χ1v) is 8.14. The summed E-state index contributed by atoms with van der Waals surface area (Å²) in [6.45, 7) is 0. The molecule has 0 atom stereocenters. The van der Waals surface area contributed by atoms with Gasteiger partial charge in [-0.3, -0.25) is 0 Å². The second kappa shape index (κ2) is 6.01. The molecule has 2 aromatic carbocycles. The first-order valence-electron chi connectivity index (χ1n) is 7.33. The van der Waals surface area contributed by atoms with Crippen LogP contribution in [0.4, 0.5) is 4.39 Å². The van der Waals surface area contributed by atoms with Gasteiger partial charge in [0.2, 0.25) is 4.96 Å². The summed E-state index contributed by atoms with van der Waals surface area (Å²) in [6, 6.07) is 14.1. The van der Waals surface area contributed by atoms with Crippen LogP contribution in [0.2, 0.25) is 0 Å². The van der Waals surface area contributed by atoms with Crippen molar-refractivity contribution in [3.8, 4) is 16.3 Å². The molecule has 0 fully saturated rings. The summed E-state index contributed by atoms with van der Waals surface area (Å²) in [6.07, 6.45) is 0.544. The number of hydrogen-bond acceptors (Lipinski definition) is 5. The van der Waals surface area contributed by atoms with E-state index in [1.54, 1.807) is 23.8 Å². The summed E-state index contributed by atoms with van der Waals surface area (Å²) in [5, 5.41) is 13.8. The summed E-state index contributed by atoms with van der Waals surface area (Å²) in [4.78, 5) is 0.727. The molecule has 4 rings (SSSR count). The van der Waals surface area contributed by atoms with Gasteiger partial charge in [0.05, 0.1) is 7.11 Å². The lowest BCUT2D eigenvalue weighted by molar-refractivity contribution is 0.415. The van der Waals surface area contributed by atoms with E-state index in [1.165, 1.54) is 23.5 Å². The lowest BCUT2D eigenvalue weighted by Gasteiger charge is -2.01. The Balaban J connectivity index is 1.69. The molecular formula is C17H13FN4OS. The Hall–Kier alpha value is -2.80. The fourth-order valence-corrected chi connectivity index (χ4v) is 3.28. The van der Waals surface area contributed by atoms with Crippen LogP contribution in [0.3, 0.4) is 0 Å². The highest BCUT2D eigenvalue weighted by Gasteiger charge is 2.13. The normalized spacial score (nSPS) is 11.1. The number of fused-ring (bicyclic) bond motifs is 1. The number of halogens is 1. The SMILES string of the molecule is COc1cccc(-c2nn3c(Cc4ccc(F)cc4)nnc3s2)c1. The zero-order valence-corrected chi connectivity index (χ0v) is 13.6. The Bertz CT molecular complexity index is 993. The van der Waals surface area contributed by atoms with E-state index in [0.717, 1.165) is 32.7 Å². The number of ether oxygens (including phenoxy) is 1. The maximum atomic E-state index is 13.0. The van der Waals surface area contributed by atoms with Gasteiger partial charge in [-0.25, -0.2) is 4.39 Å². The zero-order valence-electron chi connectivity index (χ0n) is 12.8. The van der Waals surface area contributed by atoms with Gasteiger partial charge >= 0.3 is 0 Å². The summed E-state index contributed by atoms with van der Waals surface area (Å²) in [5.41, 5.74) is 1.93. The Morgan fingerprint density at radius 2 is 1.96 bits per heavy atom. The molecule has 4 aromatic rings. The molecule has 0 aliphatic heterocycles. The van der Waals surface area contributed by atoms with Gasteiger partial charge < -0.3 is 4.74 Å². The minimum atomic E-state index is -0.251. The first kappa shape index (κ1) is 14.8. The summed E-state index contributed by atoms with van der Waals surface area (Å²) >= 11 is 1.47. The van der Waals surface area contributed by atoms with Crippen molar-refractivity contribution in [2.45, 2.75) is 6.42 Å². The first-order chi connectivity index (χ1) is 11.7. The lowest BCUT2D eigenvalue weighted by atomic mass is 10.1. The number of methoxy groups -OCH3 is 1. The van der Waals surface area contributed by atoms with Crippen molar-refractivity contribution >= 4 is 16.3 Å². The lowest BCUT2D eigenvalue weighted by Crippen LogP contribution is -1.98. The highest BCUT2D eigenvalue weighted by atomic mass is 32.1. The fraction of sp³-hybridized carbons (Fsp3) is 0.118. The molecule has 0 aliphatic carbocycles. The number of benzene rings is 2. The van der Waals surface area contributed by atoms with Gasteiger partial charge in [-0.05, 0) is 29.8 Å². The Morgan fingerprint density at radius 1 is 1.12 bits per heavy atom. The van der Waals surface area contributed by atoms with Gasteiger partial charge in [0.15, 0.2) is 5.82 Å². The van der Waals surface area contributed by atoms with E-state index >= 15 is 0 Å². The standard InChI is InChI=1S/C17H13FN4OS/c1-23-14-4-2-3-12(10-14)16-21-22-15(19-20-17(22)24-16)9-11-5-7-13(18)8-6-11/h2-8,10H,9H2,1H3. The van der Waals surface area contributed by atoms with Gasteiger partial charge in [0, 0.05) is 12.0 Å². The van der Waals surface area contributed by atoms with Gasteiger partial charge in [-0.15, -0.1) is 10.2 Å². The molecule has 2 aromatic heterocycles. The number of nitrogens with zero attached hydrogens (tertiary/aromatic N) is 4. The van der Waals surface area contributed by atoms with E-state index in [-0.39, 0.29) is 5.82 Å². The van der Waals surface area contributed by atoms with Gasteiger partial charge in [0.1, 0.15) is 16.6 Å². The second-order valence-electron chi connectivity index (χ2n) is 5.25. The van der Waals surface area contributed by atoms with Crippen LogP contribution in [0.5, 0.6) is 5.75 Å². The van der Waals surface area contributed by atoms with Crippen molar-refractivity contribution in [2.24, 2.45) is 0 Å². The third-order valence-corrected chi connectivity index (χ3v) is 4.60. The molecule has 5 nitrogen and oxygen atoms in total. The van der Waals surface area contributed by atoms with E-state index in [1.807, 2.05) is 24.3 Å². The van der Waals surface area contributed by atoms with Crippen molar-refractivity contribution in [3.05, 3.63) is 65.7 Å². The molecule has 0 bridgehead atoms. The van der Waals surface area contributed by atoms with Crippen molar-refractivity contribution < 1.29 is 9.13 Å². The molecule has 0 spiro atoms. The Morgan fingerprint density at radius 3 is 2.75 bits per heavy atom. The molecule has 0 saturated carbocycles. The molecule has 2 heterocycles. The van der Waals surface area contributed by atoms with Crippen LogP contribution in [-0.2, 0) is 6.42 Å². The van der Waals surface area contributed by atoms with Gasteiger partial charge in [0.25, 0.3) is 0 Å². The smallest absolute Gasteiger partial charge is 0.234 e. The predicted octanol–water partition coefficient (Wildman–Crippen LogP) is 3.59. The van der Waals surface area contributed by atoms with Crippen molar-refractivity contribution in [1.29, 1.82) is 0 Å². The van der Waals surface area contributed by atoms with Crippen molar-refractivity contribution in [3.63, 3.8) is 0 Å². The molecule has 0 aliphatic rings. The summed E-state index contributed by atoms with van der Waals surface area (Å²) in [5.74, 6) is 1.26. The van der Waals surface area contributed by atoms with Crippen molar-refractivity contribution in [2.75, 3.05) is 7.11 Å². The summed E-state index contributed by atoms with van der Waals surface area (Å²) in [7, 11) is 1.64. The molecule has 0 amide bonds. The summed E-state index contributed by atoms with van der Waals surface area (Å²) < 4.78 is 20.0. The minimum absolute atomic E-state index is 0.251. The quantitative estimate of drug-likeness (QED) is 0.570. The number of aromatic nitrogens is 4. The largest absolute Gasteiger partial charge is 0.497 e. The van der Waals surface area contributed by atoms with Crippen LogP contribution < -0.4 is 4.74 Å². The highest BCUT2D eigenvalue weighted by molar-refractivity contribution is 7.19. The van der Waals surface area contributed by atoms with Crippen molar-refractivity contribution in [1.82, 2.24) is 19.8 Å². The maximum Gasteiger partial charge on any atom is 0.234 e. The predicted molar refractivity (Wildman–Crippen MR) is 89.9 cm³/mol.